The van der Waals surface area contributed by atoms with Crippen molar-refractivity contribution in [3.05, 3.63) is 59.9 Å². The van der Waals surface area contributed by atoms with Crippen molar-refractivity contribution < 1.29 is 23.7 Å². The molecule has 27 heavy (non-hydrogen) atoms. The lowest BCUT2D eigenvalue weighted by Gasteiger charge is -2.29. The number of amides is 1. The molecule has 5 nitrogen and oxygen atoms in total. The Kier molecular flexibility index (Phi) is 6.79. The molecule has 1 fully saturated rings. The number of aryl methyl sites for hydroxylation is 1. The van der Waals surface area contributed by atoms with Gasteiger partial charge in [0.15, 0.2) is 6.54 Å². The predicted octanol–water partition coefficient (Wildman–Crippen LogP) is -0.0650. The van der Waals surface area contributed by atoms with Crippen molar-refractivity contribution in [2.45, 2.75) is 6.92 Å². The first-order valence-corrected chi connectivity index (χ1v) is 9.51. The molecule has 0 bridgehead atoms. The molecular formula is C21H28FN3O2+2. The number of anilines is 1. The van der Waals surface area contributed by atoms with Crippen molar-refractivity contribution in [3.63, 3.8) is 0 Å². The Morgan fingerprint density at radius 3 is 2.56 bits per heavy atom. The van der Waals surface area contributed by atoms with Crippen LogP contribution in [0.15, 0.2) is 48.5 Å². The fourth-order valence-electron chi connectivity index (χ4n) is 3.41. The maximum Gasteiger partial charge on any atom is 0.279 e. The first-order valence-electron chi connectivity index (χ1n) is 9.51. The Bertz CT molecular complexity index is 761. The summed E-state index contributed by atoms with van der Waals surface area (Å²) in [6.45, 7) is 8.11. The molecule has 0 radical (unpaired) electrons. The number of quaternary nitrogens is 2. The van der Waals surface area contributed by atoms with E-state index < -0.39 is 0 Å². The van der Waals surface area contributed by atoms with E-state index in [9.17, 15) is 9.18 Å². The van der Waals surface area contributed by atoms with E-state index in [4.69, 9.17) is 4.74 Å². The highest BCUT2D eigenvalue weighted by molar-refractivity contribution is 5.91. The van der Waals surface area contributed by atoms with Gasteiger partial charge in [-0.05, 0) is 36.8 Å². The minimum absolute atomic E-state index is 0.0677. The maximum absolute atomic E-state index is 13.2. The lowest BCUT2D eigenvalue weighted by molar-refractivity contribution is -1.01. The van der Waals surface area contributed by atoms with Gasteiger partial charge in [0.05, 0.1) is 0 Å². The number of carbonyl (C=O) groups excluding carboxylic acids is 1. The number of benzene rings is 2. The number of nitrogens with one attached hydrogen (secondary N) is 3. The molecule has 0 unspecified atom stereocenters. The SMILES string of the molecule is Cc1ccccc1OCC[NH+]1CC[NH+](CC(=O)Nc2cccc(F)c2)CC1. The van der Waals surface area contributed by atoms with Crippen molar-refractivity contribution in [2.24, 2.45) is 0 Å². The minimum atomic E-state index is -0.342. The summed E-state index contributed by atoms with van der Waals surface area (Å²) in [6, 6.07) is 14.1. The van der Waals surface area contributed by atoms with Crippen LogP contribution in [0.4, 0.5) is 10.1 Å². The van der Waals surface area contributed by atoms with Gasteiger partial charge < -0.3 is 19.9 Å². The van der Waals surface area contributed by atoms with Gasteiger partial charge in [-0.3, -0.25) is 4.79 Å². The Balaban J connectivity index is 1.35. The normalized spacial score (nSPS) is 19.5. The lowest BCUT2D eigenvalue weighted by Crippen LogP contribution is -3.28. The molecule has 0 saturated carbocycles. The zero-order valence-corrected chi connectivity index (χ0v) is 15.8. The smallest absolute Gasteiger partial charge is 0.279 e. The van der Waals surface area contributed by atoms with Gasteiger partial charge in [0.25, 0.3) is 5.91 Å². The summed E-state index contributed by atoms with van der Waals surface area (Å²) >= 11 is 0. The third-order valence-electron chi connectivity index (χ3n) is 4.99. The molecule has 2 aromatic rings. The topological polar surface area (TPSA) is 47.2 Å². The lowest BCUT2D eigenvalue weighted by atomic mass is 10.2. The van der Waals surface area contributed by atoms with E-state index in [0.29, 0.717) is 18.8 Å². The van der Waals surface area contributed by atoms with Gasteiger partial charge in [-0.1, -0.05) is 24.3 Å². The minimum Gasteiger partial charge on any atom is -0.487 e. The van der Waals surface area contributed by atoms with Crippen LogP contribution in [0.2, 0.25) is 0 Å². The largest absolute Gasteiger partial charge is 0.487 e. The van der Waals surface area contributed by atoms with Crippen LogP contribution in [0, 0.1) is 12.7 Å². The molecule has 1 saturated heterocycles. The summed E-state index contributed by atoms with van der Waals surface area (Å²) in [4.78, 5) is 14.9. The molecule has 1 heterocycles. The summed E-state index contributed by atoms with van der Waals surface area (Å²) in [5.74, 6) is 0.544. The molecule has 3 N–H and O–H groups in total. The van der Waals surface area contributed by atoms with Gasteiger partial charge in [-0.2, -0.15) is 0 Å². The van der Waals surface area contributed by atoms with Gasteiger partial charge in [-0.25, -0.2) is 4.39 Å². The second-order valence-electron chi connectivity index (χ2n) is 7.10. The molecule has 6 heteroatoms. The Labute approximate surface area is 159 Å². The molecule has 1 aliphatic rings. The number of piperazine rings is 1. The summed E-state index contributed by atoms with van der Waals surface area (Å²) < 4.78 is 19.1. The van der Waals surface area contributed by atoms with E-state index in [1.54, 1.807) is 12.1 Å². The quantitative estimate of drug-likeness (QED) is 0.637. The van der Waals surface area contributed by atoms with E-state index in [2.05, 4.69) is 18.3 Å². The van der Waals surface area contributed by atoms with Crippen LogP contribution in [0.5, 0.6) is 5.75 Å². The average molecular weight is 373 g/mol. The monoisotopic (exact) mass is 373 g/mol. The number of para-hydroxylation sites is 1. The van der Waals surface area contributed by atoms with E-state index >= 15 is 0 Å². The molecule has 2 aromatic carbocycles. The van der Waals surface area contributed by atoms with Gasteiger partial charge in [0.2, 0.25) is 0 Å². The van der Waals surface area contributed by atoms with Crippen LogP contribution >= 0.6 is 0 Å². The molecule has 0 aliphatic carbocycles. The number of carbonyl (C=O) groups is 1. The number of rotatable bonds is 7. The molecule has 0 atom stereocenters. The number of hydrogen-bond acceptors (Lipinski definition) is 2. The predicted molar refractivity (Wildman–Crippen MR) is 103 cm³/mol. The first kappa shape index (κ1) is 19.3. The van der Waals surface area contributed by atoms with Crippen molar-refractivity contribution in [1.29, 1.82) is 0 Å². The summed E-state index contributed by atoms with van der Waals surface area (Å²) in [7, 11) is 0. The van der Waals surface area contributed by atoms with Gasteiger partial charge >= 0.3 is 0 Å². The number of halogens is 1. The Hall–Kier alpha value is -2.44. The van der Waals surface area contributed by atoms with E-state index in [1.807, 2.05) is 18.2 Å². The molecule has 0 spiro atoms. The van der Waals surface area contributed by atoms with Crippen LogP contribution < -0.4 is 19.9 Å². The highest BCUT2D eigenvalue weighted by atomic mass is 19.1. The van der Waals surface area contributed by atoms with Crippen LogP contribution in [-0.4, -0.2) is 51.8 Å². The molecule has 3 rings (SSSR count). The van der Waals surface area contributed by atoms with Crippen LogP contribution in [-0.2, 0) is 4.79 Å². The number of ether oxygens (including phenoxy) is 1. The molecule has 144 valence electrons. The second-order valence-corrected chi connectivity index (χ2v) is 7.10. The summed E-state index contributed by atoms with van der Waals surface area (Å²) in [5, 5.41) is 2.77. The third kappa shape index (κ3) is 6.05. The fraction of sp³-hybridized carbons (Fsp3) is 0.381. The zero-order chi connectivity index (χ0) is 19.1. The first-order chi connectivity index (χ1) is 13.1. The highest BCUT2D eigenvalue weighted by Crippen LogP contribution is 2.15. The van der Waals surface area contributed by atoms with Gasteiger partial charge in [0, 0.05) is 5.69 Å². The van der Waals surface area contributed by atoms with Crippen molar-refractivity contribution in [3.8, 4) is 5.75 Å². The second kappa shape index (κ2) is 9.48. The standard InChI is InChI=1S/C21H26FN3O2/c1-17-5-2-3-8-20(17)27-14-13-24-9-11-25(12-10-24)16-21(26)23-19-7-4-6-18(22)15-19/h2-8,15H,9-14,16H2,1H3,(H,23,26)/p+2. The van der Waals surface area contributed by atoms with E-state index in [1.165, 1.54) is 21.9 Å². The average Bonchev–Trinajstić information content (AvgIpc) is 2.65. The zero-order valence-electron chi connectivity index (χ0n) is 15.8. The van der Waals surface area contributed by atoms with Crippen LogP contribution in [0.1, 0.15) is 5.56 Å². The Morgan fingerprint density at radius 2 is 1.81 bits per heavy atom. The van der Waals surface area contributed by atoms with Crippen LogP contribution in [0.3, 0.4) is 0 Å². The van der Waals surface area contributed by atoms with E-state index in [0.717, 1.165) is 44.0 Å². The van der Waals surface area contributed by atoms with Crippen molar-refractivity contribution in [2.75, 3.05) is 51.2 Å². The van der Waals surface area contributed by atoms with Crippen molar-refractivity contribution in [1.82, 2.24) is 0 Å². The van der Waals surface area contributed by atoms with Crippen molar-refractivity contribution >= 4 is 11.6 Å². The Morgan fingerprint density at radius 1 is 1.07 bits per heavy atom. The van der Waals surface area contributed by atoms with E-state index in [-0.39, 0.29) is 11.7 Å². The maximum atomic E-state index is 13.2. The summed E-state index contributed by atoms with van der Waals surface area (Å²) in [6.07, 6.45) is 0. The van der Waals surface area contributed by atoms with Gasteiger partial charge in [0.1, 0.15) is 50.9 Å². The molecule has 1 aliphatic heterocycles. The molecular weight excluding hydrogens is 345 g/mol. The molecule has 1 amide bonds. The van der Waals surface area contributed by atoms with Crippen LogP contribution in [0.25, 0.3) is 0 Å². The van der Waals surface area contributed by atoms with Gasteiger partial charge in [-0.15, -0.1) is 0 Å². The highest BCUT2D eigenvalue weighted by Gasteiger charge is 2.24. The molecule has 0 aromatic heterocycles. The third-order valence-corrected chi connectivity index (χ3v) is 4.99. The number of hydrogen-bond donors (Lipinski definition) is 3. The fourth-order valence-corrected chi connectivity index (χ4v) is 3.41. The summed E-state index contributed by atoms with van der Waals surface area (Å²) in [5.41, 5.74) is 1.67.